The van der Waals surface area contributed by atoms with Crippen molar-refractivity contribution in [1.82, 2.24) is 4.90 Å². The quantitative estimate of drug-likeness (QED) is 0.808. The number of benzene rings is 1. The number of allylic oxidation sites excluding steroid dienone is 1. The summed E-state index contributed by atoms with van der Waals surface area (Å²) in [6, 6.07) is 8.17. The van der Waals surface area contributed by atoms with Gasteiger partial charge >= 0.3 is 0 Å². The van der Waals surface area contributed by atoms with Crippen LogP contribution in [0.1, 0.15) is 25.3 Å². The van der Waals surface area contributed by atoms with Crippen LogP contribution < -0.4 is 4.74 Å². The van der Waals surface area contributed by atoms with Crippen LogP contribution in [0.25, 0.3) is 6.08 Å². The first-order valence-corrected chi connectivity index (χ1v) is 7.05. The molecule has 1 heterocycles. The largest absolute Gasteiger partial charge is 0.497 e. The third kappa shape index (κ3) is 5.03. The fourth-order valence-electron chi connectivity index (χ4n) is 2.32. The molecule has 0 fully saturated rings. The van der Waals surface area contributed by atoms with E-state index in [9.17, 15) is 0 Å². The summed E-state index contributed by atoms with van der Waals surface area (Å²) in [5.74, 6) is 0.907. The summed E-state index contributed by atoms with van der Waals surface area (Å²) < 4.78 is 5.16. The second kappa shape index (κ2) is 8.83. The number of methoxy groups -OCH3 is 1. The van der Waals surface area contributed by atoms with E-state index in [1.807, 2.05) is 12.1 Å². The minimum absolute atomic E-state index is 0. The van der Waals surface area contributed by atoms with Crippen LogP contribution in [-0.4, -0.2) is 31.6 Å². The lowest BCUT2D eigenvalue weighted by Crippen LogP contribution is -2.29. The van der Waals surface area contributed by atoms with E-state index < -0.39 is 0 Å². The molecule has 110 valence electrons. The van der Waals surface area contributed by atoms with Crippen molar-refractivity contribution < 1.29 is 4.74 Å². The zero-order chi connectivity index (χ0) is 13.5. The molecule has 3 heteroatoms. The first-order chi connectivity index (χ1) is 9.31. The summed E-state index contributed by atoms with van der Waals surface area (Å²) in [5.41, 5.74) is 2.67. The highest BCUT2D eigenvalue weighted by Crippen LogP contribution is 2.16. The van der Waals surface area contributed by atoms with Gasteiger partial charge in [0.15, 0.2) is 0 Å². The number of hydrogen-bond acceptors (Lipinski definition) is 2. The third-order valence-corrected chi connectivity index (χ3v) is 3.47. The molecule has 1 aliphatic rings. The van der Waals surface area contributed by atoms with Crippen LogP contribution in [0.3, 0.4) is 0 Å². The Morgan fingerprint density at radius 3 is 2.50 bits per heavy atom. The average molecular weight is 294 g/mol. The zero-order valence-electron chi connectivity index (χ0n) is 12.3. The molecular formula is C17H24ClNO. The van der Waals surface area contributed by atoms with Crippen LogP contribution in [0.2, 0.25) is 0 Å². The van der Waals surface area contributed by atoms with Gasteiger partial charge in [-0.15, -0.1) is 12.4 Å². The molecule has 0 bridgehead atoms. The molecular weight excluding hydrogens is 270 g/mol. The summed E-state index contributed by atoms with van der Waals surface area (Å²) in [6.45, 7) is 5.73. The summed E-state index contributed by atoms with van der Waals surface area (Å²) >= 11 is 0. The summed E-state index contributed by atoms with van der Waals surface area (Å²) in [5, 5.41) is 0. The number of ether oxygens (including phenoxy) is 1. The molecule has 2 nitrogen and oxygen atoms in total. The molecule has 1 aromatic rings. The maximum absolute atomic E-state index is 5.16. The molecule has 0 saturated heterocycles. The van der Waals surface area contributed by atoms with Gasteiger partial charge in [-0.25, -0.2) is 0 Å². The summed E-state index contributed by atoms with van der Waals surface area (Å²) in [6.07, 6.45) is 9.17. The molecule has 0 aliphatic carbocycles. The molecule has 20 heavy (non-hydrogen) atoms. The first-order valence-electron chi connectivity index (χ1n) is 7.05. The van der Waals surface area contributed by atoms with Gasteiger partial charge in [-0.1, -0.05) is 37.3 Å². The Bertz CT molecular complexity index is 451. The molecule has 0 radical (unpaired) electrons. The molecule has 2 rings (SSSR count). The molecule has 0 spiro atoms. The van der Waals surface area contributed by atoms with Crippen LogP contribution in [0.15, 0.2) is 42.0 Å². The highest BCUT2D eigenvalue weighted by molar-refractivity contribution is 5.85. The third-order valence-electron chi connectivity index (χ3n) is 3.47. The van der Waals surface area contributed by atoms with Gasteiger partial charge in [-0.2, -0.15) is 0 Å². The van der Waals surface area contributed by atoms with Crippen molar-refractivity contribution in [2.75, 3.05) is 26.7 Å². The molecule has 0 N–H and O–H groups in total. The predicted molar refractivity (Wildman–Crippen MR) is 88.7 cm³/mol. The van der Waals surface area contributed by atoms with Gasteiger partial charge in [0.2, 0.25) is 0 Å². The minimum Gasteiger partial charge on any atom is -0.497 e. The lowest BCUT2D eigenvalue weighted by atomic mass is 10.1. The lowest BCUT2D eigenvalue weighted by molar-refractivity contribution is 0.296. The molecule has 0 unspecified atom stereocenters. The van der Waals surface area contributed by atoms with Crippen LogP contribution in [0, 0.1) is 0 Å². The van der Waals surface area contributed by atoms with E-state index in [1.54, 1.807) is 7.11 Å². The van der Waals surface area contributed by atoms with Gasteiger partial charge in [0, 0.05) is 13.1 Å². The van der Waals surface area contributed by atoms with Crippen molar-refractivity contribution in [3.05, 3.63) is 47.6 Å². The molecule has 0 atom stereocenters. The number of nitrogens with zero attached hydrogens (tertiary/aromatic N) is 1. The standard InChI is InChI=1S/C17H23NO.ClH/c1-3-12-18-13-10-16(11-14-18)5-4-15-6-8-17(19-2)9-7-15;/h4-10H,3,11-14H2,1-2H3;1H. The highest BCUT2D eigenvalue weighted by Gasteiger charge is 2.08. The number of hydrogen-bond donors (Lipinski definition) is 0. The summed E-state index contributed by atoms with van der Waals surface area (Å²) in [7, 11) is 1.69. The van der Waals surface area contributed by atoms with Crippen LogP contribution >= 0.6 is 12.4 Å². The van der Waals surface area contributed by atoms with Crippen molar-refractivity contribution in [2.45, 2.75) is 19.8 Å². The van der Waals surface area contributed by atoms with Crippen LogP contribution in [0.5, 0.6) is 5.75 Å². The van der Waals surface area contributed by atoms with Crippen molar-refractivity contribution >= 4 is 18.5 Å². The lowest BCUT2D eigenvalue weighted by Gasteiger charge is -2.24. The second-order valence-corrected chi connectivity index (χ2v) is 4.94. The smallest absolute Gasteiger partial charge is 0.118 e. The maximum atomic E-state index is 5.16. The normalized spacial score (nSPS) is 15.8. The topological polar surface area (TPSA) is 12.5 Å². The fraction of sp³-hybridized carbons (Fsp3) is 0.412. The van der Waals surface area contributed by atoms with Crippen molar-refractivity contribution in [3.63, 3.8) is 0 Å². The van der Waals surface area contributed by atoms with Gasteiger partial charge in [0.25, 0.3) is 0 Å². The van der Waals surface area contributed by atoms with Gasteiger partial charge in [0.1, 0.15) is 5.75 Å². The van der Waals surface area contributed by atoms with E-state index >= 15 is 0 Å². The number of halogens is 1. The van der Waals surface area contributed by atoms with Crippen LogP contribution in [-0.2, 0) is 0 Å². The summed E-state index contributed by atoms with van der Waals surface area (Å²) in [4.78, 5) is 2.50. The average Bonchev–Trinajstić information content (AvgIpc) is 2.47. The monoisotopic (exact) mass is 293 g/mol. The van der Waals surface area contributed by atoms with E-state index in [2.05, 4.69) is 42.2 Å². The molecule has 0 saturated carbocycles. The van der Waals surface area contributed by atoms with E-state index in [1.165, 1.54) is 30.6 Å². The van der Waals surface area contributed by atoms with Gasteiger partial charge in [-0.05, 0) is 42.7 Å². The molecule has 1 aliphatic heterocycles. The fourth-order valence-corrected chi connectivity index (χ4v) is 2.32. The van der Waals surface area contributed by atoms with Crippen molar-refractivity contribution in [2.24, 2.45) is 0 Å². The zero-order valence-corrected chi connectivity index (χ0v) is 13.2. The van der Waals surface area contributed by atoms with Gasteiger partial charge < -0.3 is 4.74 Å². The van der Waals surface area contributed by atoms with E-state index in [0.29, 0.717) is 0 Å². The molecule has 1 aromatic carbocycles. The maximum Gasteiger partial charge on any atom is 0.118 e. The van der Waals surface area contributed by atoms with Crippen molar-refractivity contribution in [3.8, 4) is 5.75 Å². The minimum atomic E-state index is 0. The van der Waals surface area contributed by atoms with Gasteiger partial charge in [-0.3, -0.25) is 4.90 Å². The van der Waals surface area contributed by atoms with E-state index in [4.69, 9.17) is 4.74 Å². The number of rotatable bonds is 5. The highest BCUT2D eigenvalue weighted by atomic mass is 35.5. The second-order valence-electron chi connectivity index (χ2n) is 4.94. The first kappa shape index (κ1) is 16.8. The Hall–Kier alpha value is -1.25. The van der Waals surface area contributed by atoms with E-state index in [-0.39, 0.29) is 12.4 Å². The van der Waals surface area contributed by atoms with Gasteiger partial charge in [0.05, 0.1) is 7.11 Å². The molecule has 0 aromatic heterocycles. The Kier molecular flexibility index (Phi) is 7.42. The SMILES string of the molecule is CCCN1CC=C(C=Cc2ccc(OC)cc2)CC1.Cl. The Labute approximate surface area is 128 Å². The Balaban J connectivity index is 0.00000200. The van der Waals surface area contributed by atoms with E-state index in [0.717, 1.165) is 18.7 Å². The Morgan fingerprint density at radius 2 is 1.95 bits per heavy atom. The van der Waals surface area contributed by atoms with Crippen molar-refractivity contribution in [1.29, 1.82) is 0 Å². The molecule has 0 amide bonds. The Morgan fingerprint density at radius 1 is 1.20 bits per heavy atom. The predicted octanol–water partition coefficient (Wildman–Crippen LogP) is 4.17. The van der Waals surface area contributed by atoms with Crippen LogP contribution in [0.4, 0.5) is 0 Å².